The lowest BCUT2D eigenvalue weighted by Crippen LogP contribution is -2.51. The highest BCUT2D eigenvalue weighted by molar-refractivity contribution is 5.88. The number of fused-ring (bicyclic) bond motifs is 2. The molecule has 4 aromatic rings. The van der Waals surface area contributed by atoms with E-state index in [1.54, 1.807) is 4.90 Å². The summed E-state index contributed by atoms with van der Waals surface area (Å²) in [7, 11) is 0. The molecule has 0 saturated heterocycles. The molecule has 0 heterocycles. The van der Waals surface area contributed by atoms with Crippen LogP contribution in [0.1, 0.15) is 63.5 Å². The molecule has 4 rings (SSSR count). The van der Waals surface area contributed by atoms with Gasteiger partial charge in [-0.15, -0.1) is 0 Å². The molecule has 8 nitrogen and oxygen atoms in total. The summed E-state index contributed by atoms with van der Waals surface area (Å²) in [5.41, 5.74) is 2.52. The molecule has 2 N–H and O–H groups in total. The lowest BCUT2D eigenvalue weighted by Gasteiger charge is -2.31. The van der Waals surface area contributed by atoms with Crippen LogP contribution in [0.25, 0.3) is 21.5 Å². The van der Waals surface area contributed by atoms with E-state index in [2.05, 4.69) is 60.7 Å². The SMILES string of the molecule is CC(C)CN(CCCCCc1ccc2ccccc2c1)C(=O)C(OCCCCCc1ccc2ccccc2c1)C(OCC(=O)O)C(=O)O. The third kappa shape index (κ3) is 11.5. The summed E-state index contributed by atoms with van der Waals surface area (Å²) in [4.78, 5) is 39.0. The van der Waals surface area contributed by atoms with Gasteiger partial charge in [-0.1, -0.05) is 112 Å². The van der Waals surface area contributed by atoms with Crippen LogP contribution < -0.4 is 0 Å². The van der Waals surface area contributed by atoms with Gasteiger partial charge in [0.1, 0.15) is 6.61 Å². The first-order chi connectivity index (χ1) is 23.2. The Morgan fingerprint density at radius 1 is 0.646 bits per heavy atom. The van der Waals surface area contributed by atoms with Gasteiger partial charge in [0.15, 0.2) is 12.2 Å². The molecule has 0 aromatic heterocycles. The van der Waals surface area contributed by atoms with Crippen LogP contribution in [0.5, 0.6) is 0 Å². The number of hydrogen-bond donors (Lipinski definition) is 2. The number of carbonyl (C=O) groups is 3. The molecule has 0 bridgehead atoms. The van der Waals surface area contributed by atoms with Crippen LogP contribution >= 0.6 is 0 Å². The Bertz CT molecular complexity index is 1630. The molecule has 0 fully saturated rings. The van der Waals surface area contributed by atoms with Crippen LogP contribution in [-0.2, 0) is 36.7 Å². The molecule has 0 aliphatic rings. The van der Waals surface area contributed by atoms with Crippen LogP contribution in [0.15, 0.2) is 84.9 Å². The maximum absolute atomic E-state index is 13.9. The van der Waals surface area contributed by atoms with Gasteiger partial charge < -0.3 is 24.6 Å². The third-order valence-electron chi connectivity index (χ3n) is 8.47. The van der Waals surface area contributed by atoms with Crippen LogP contribution in [0, 0.1) is 5.92 Å². The molecule has 0 saturated carbocycles. The highest BCUT2D eigenvalue weighted by Gasteiger charge is 2.38. The van der Waals surface area contributed by atoms with E-state index < -0.39 is 36.7 Å². The molecule has 0 aliphatic heterocycles. The first-order valence-corrected chi connectivity index (χ1v) is 17.1. The number of carbonyl (C=O) groups excluding carboxylic acids is 1. The number of amides is 1. The lowest BCUT2D eigenvalue weighted by molar-refractivity contribution is -0.176. The quantitative estimate of drug-likeness (QED) is 0.0892. The summed E-state index contributed by atoms with van der Waals surface area (Å²) in [5.74, 6) is -3.07. The molecule has 1 amide bonds. The molecule has 2 atom stereocenters. The fraction of sp³-hybridized carbons (Fsp3) is 0.425. The molecule has 4 aromatic carbocycles. The summed E-state index contributed by atoms with van der Waals surface area (Å²) in [6, 6.07) is 29.5. The van der Waals surface area contributed by atoms with Gasteiger partial charge in [-0.25, -0.2) is 9.59 Å². The number of nitrogens with zero attached hydrogens (tertiary/aromatic N) is 1. The summed E-state index contributed by atoms with van der Waals surface area (Å²) < 4.78 is 11.2. The summed E-state index contributed by atoms with van der Waals surface area (Å²) in [6.07, 6.45) is 3.63. The molecule has 0 spiro atoms. The molecule has 0 aliphatic carbocycles. The lowest BCUT2D eigenvalue weighted by atomic mass is 10.0. The Hall–Kier alpha value is -4.27. The second-order valence-corrected chi connectivity index (χ2v) is 12.9. The van der Waals surface area contributed by atoms with Crippen molar-refractivity contribution in [3.05, 3.63) is 96.1 Å². The van der Waals surface area contributed by atoms with Crippen LogP contribution in [0.4, 0.5) is 0 Å². The third-order valence-corrected chi connectivity index (χ3v) is 8.47. The van der Waals surface area contributed by atoms with Crippen molar-refractivity contribution in [2.45, 2.75) is 77.4 Å². The molecule has 256 valence electrons. The Morgan fingerprint density at radius 3 is 1.71 bits per heavy atom. The van der Waals surface area contributed by atoms with E-state index in [-0.39, 0.29) is 12.5 Å². The van der Waals surface area contributed by atoms with Gasteiger partial charge in [0.05, 0.1) is 0 Å². The van der Waals surface area contributed by atoms with Gasteiger partial charge in [0.25, 0.3) is 5.91 Å². The predicted molar refractivity (Wildman–Crippen MR) is 189 cm³/mol. The number of aliphatic carboxylic acids is 2. The Labute approximate surface area is 283 Å². The zero-order valence-electron chi connectivity index (χ0n) is 28.2. The van der Waals surface area contributed by atoms with E-state index in [1.807, 2.05) is 38.1 Å². The Balaban J connectivity index is 1.32. The number of rotatable bonds is 21. The molecule has 8 heteroatoms. The van der Waals surface area contributed by atoms with Crippen molar-refractivity contribution in [2.75, 3.05) is 26.3 Å². The van der Waals surface area contributed by atoms with Gasteiger partial charge in [-0.3, -0.25) is 4.79 Å². The topological polar surface area (TPSA) is 113 Å². The highest BCUT2D eigenvalue weighted by atomic mass is 16.6. The maximum atomic E-state index is 13.9. The minimum atomic E-state index is -1.73. The van der Waals surface area contributed by atoms with Crippen molar-refractivity contribution in [3.63, 3.8) is 0 Å². The molecular formula is C40H49NO7. The van der Waals surface area contributed by atoms with Crippen molar-refractivity contribution in [2.24, 2.45) is 5.92 Å². The van der Waals surface area contributed by atoms with Crippen molar-refractivity contribution >= 4 is 39.4 Å². The van der Waals surface area contributed by atoms with Crippen molar-refractivity contribution in [3.8, 4) is 0 Å². The molecule has 2 unspecified atom stereocenters. The maximum Gasteiger partial charge on any atom is 0.336 e. The zero-order chi connectivity index (χ0) is 34.3. The number of ether oxygens (including phenoxy) is 2. The van der Waals surface area contributed by atoms with Crippen molar-refractivity contribution in [1.82, 2.24) is 4.90 Å². The fourth-order valence-corrected chi connectivity index (χ4v) is 6.07. The van der Waals surface area contributed by atoms with Crippen molar-refractivity contribution < 1.29 is 34.1 Å². The number of aryl methyl sites for hydroxylation is 2. The second-order valence-electron chi connectivity index (χ2n) is 12.9. The van der Waals surface area contributed by atoms with E-state index in [1.165, 1.54) is 32.7 Å². The van der Waals surface area contributed by atoms with Crippen molar-refractivity contribution in [1.29, 1.82) is 0 Å². The second kappa shape index (κ2) is 18.9. The molecular weight excluding hydrogens is 606 g/mol. The van der Waals surface area contributed by atoms with E-state index >= 15 is 0 Å². The van der Waals surface area contributed by atoms with E-state index in [9.17, 15) is 19.5 Å². The average Bonchev–Trinajstić information content (AvgIpc) is 3.07. The largest absolute Gasteiger partial charge is 0.480 e. The Morgan fingerprint density at radius 2 is 1.19 bits per heavy atom. The van der Waals surface area contributed by atoms with Gasteiger partial charge in [0.2, 0.25) is 0 Å². The van der Waals surface area contributed by atoms with E-state index in [4.69, 9.17) is 14.6 Å². The Kier molecular flexibility index (Phi) is 14.4. The number of benzene rings is 4. The molecule has 48 heavy (non-hydrogen) atoms. The smallest absolute Gasteiger partial charge is 0.336 e. The first kappa shape index (κ1) is 36.6. The van der Waals surface area contributed by atoms with Crippen LogP contribution in [0.3, 0.4) is 0 Å². The first-order valence-electron chi connectivity index (χ1n) is 17.1. The fourth-order valence-electron chi connectivity index (χ4n) is 6.07. The monoisotopic (exact) mass is 655 g/mol. The normalized spacial score (nSPS) is 12.7. The number of hydrogen-bond acceptors (Lipinski definition) is 5. The number of carboxylic acids is 2. The average molecular weight is 656 g/mol. The standard InChI is InChI=1S/C40H49NO7/c1-29(2)27-41(23-11-3-5-13-30-19-21-32-15-7-9-17-34(32)25-30)39(44)37(38(40(45)46)48-28-36(42)43)47-24-12-4-6-14-31-20-22-33-16-8-10-18-35(33)26-31/h7-10,15-22,25-26,29,37-38H,3-6,11-14,23-24,27-28H2,1-2H3,(H,42,43)(H,45,46). The van der Waals surface area contributed by atoms with Crippen LogP contribution in [0.2, 0.25) is 0 Å². The minimum absolute atomic E-state index is 0.144. The number of carboxylic acid groups (broad SMARTS) is 2. The highest BCUT2D eigenvalue weighted by Crippen LogP contribution is 2.20. The minimum Gasteiger partial charge on any atom is -0.480 e. The zero-order valence-corrected chi connectivity index (χ0v) is 28.2. The summed E-state index contributed by atoms with van der Waals surface area (Å²) in [5, 5.41) is 24.0. The molecule has 0 radical (unpaired) electrons. The van der Waals surface area contributed by atoms with Gasteiger partial charge in [-0.2, -0.15) is 0 Å². The summed E-state index contributed by atoms with van der Waals surface area (Å²) >= 11 is 0. The van der Waals surface area contributed by atoms with E-state index in [0.717, 1.165) is 44.9 Å². The van der Waals surface area contributed by atoms with Crippen LogP contribution in [-0.4, -0.2) is 71.5 Å². The summed E-state index contributed by atoms with van der Waals surface area (Å²) in [6.45, 7) is 4.21. The van der Waals surface area contributed by atoms with Gasteiger partial charge in [0, 0.05) is 19.7 Å². The van der Waals surface area contributed by atoms with E-state index in [0.29, 0.717) is 19.5 Å². The van der Waals surface area contributed by atoms with Gasteiger partial charge >= 0.3 is 11.9 Å². The number of unbranched alkanes of at least 4 members (excludes halogenated alkanes) is 4. The van der Waals surface area contributed by atoms with Gasteiger partial charge in [-0.05, 0) is 77.1 Å². The predicted octanol–water partition coefficient (Wildman–Crippen LogP) is 7.54.